The minimum atomic E-state index is 0.616. The summed E-state index contributed by atoms with van der Waals surface area (Å²) in [6.07, 6.45) is 0.813. The Labute approximate surface area is 108 Å². The van der Waals surface area contributed by atoms with Crippen molar-refractivity contribution >= 4 is 11.4 Å². The zero-order valence-electron chi connectivity index (χ0n) is 10.5. The second-order valence-corrected chi connectivity index (χ2v) is 4.06. The van der Waals surface area contributed by atoms with E-state index < -0.39 is 0 Å². The Kier molecular flexibility index (Phi) is 4.20. The van der Waals surface area contributed by atoms with E-state index in [1.165, 1.54) is 0 Å². The minimum absolute atomic E-state index is 0.616. The lowest BCUT2D eigenvalue weighted by Gasteiger charge is -2.11. The highest BCUT2D eigenvalue weighted by Crippen LogP contribution is 2.25. The summed E-state index contributed by atoms with van der Waals surface area (Å²) in [7, 11) is 1.68. The van der Waals surface area contributed by atoms with Crippen molar-refractivity contribution in [1.82, 2.24) is 0 Å². The fourth-order valence-corrected chi connectivity index (χ4v) is 1.90. The van der Waals surface area contributed by atoms with Gasteiger partial charge in [-0.25, -0.2) is 0 Å². The van der Waals surface area contributed by atoms with Crippen molar-refractivity contribution in [3.05, 3.63) is 54.1 Å². The Bertz CT molecular complexity index is 497. The van der Waals surface area contributed by atoms with Crippen LogP contribution in [-0.4, -0.2) is 13.7 Å². The van der Waals surface area contributed by atoms with E-state index in [2.05, 4.69) is 11.4 Å². The first-order chi connectivity index (χ1) is 8.83. The van der Waals surface area contributed by atoms with E-state index >= 15 is 0 Å². The molecule has 3 nitrogen and oxygen atoms in total. The molecule has 0 amide bonds. The molecular formula is C15H18N2O. The molecule has 0 saturated carbocycles. The molecule has 0 fully saturated rings. The Morgan fingerprint density at radius 2 is 1.83 bits per heavy atom. The van der Waals surface area contributed by atoms with Gasteiger partial charge in [-0.2, -0.15) is 0 Å². The van der Waals surface area contributed by atoms with Gasteiger partial charge in [-0.05, 0) is 48.9 Å². The Hall–Kier alpha value is -2.00. The lowest BCUT2D eigenvalue weighted by atomic mass is 10.1. The van der Waals surface area contributed by atoms with Crippen molar-refractivity contribution in [2.45, 2.75) is 6.42 Å². The molecule has 0 radical (unpaired) electrons. The molecule has 2 aromatic carbocycles. The molecule has 2 rings (SSSR count). The van der Waals surface area contributed by atoms with E-state index in [1.54, 1.807) is 7.11 Å². The summed E-state index contributed by atoms with van der Waals surface area (Å²) in [6.45, 7) is 0.616. The molecule has 0 unspecified atom stereocenters. The third-order valence-corrected chi connectivity index (χ3v) is 2.76. The van der Waals surface area contributed by atoms with Gasteiger partial charge in [0.15, 0.2) is 0 Å². The van der Waals surface area contributed by atoms with Crippen LogP contribution in [0.3, 0.4) is 0 Å². The number of rotatable bonds is 5. The summed E-state index contributed by atoms with van der Waals surface area (Å²) in [5.41, 5.74) is 8.85. The Morgan fingerprint density at radius 1 is 1.06 bits per heavy atom. The zero-order chi connectivity index (χ0) is 12.8. The molecule has 18 heavy (non-hydrogen) atoms. The number of hydrogen-bond donors (Lipinski definition) is 2. The minimum Gasteiger partial charge on any atom is -0.496 e. The van der Waals surface area contributed by atoms with Crippen LogP contribution in [0.4, 0.5) is 11.4 Å². The van der Waals surface area contributed by atoms with Crippen molar-refractivity contribution < 1.29 is 4.74 Å². The average Bonchev–Trinajstić information content (AvgIpc) is 2.41. The Morgan fingerprint density at radius 3 is 2.50 bits per heavy atom. The molecule has 3 heteroatoms. The number of methoxy groups -OCH3 is 1. The van der Waals surface area contributed by atoms with Crippen molar-refractivity contribution in [2.75, 3.05) is 19.0 Å². The normalized spacial score (nSPS) is 10.1. The largest absolute Gasteiger partial charge is 0.496 e. The number of nitrogens with one attached hydrogen (secondary N) is 1. The van der Waals surface area contributed by atoms with Crippen LogP contribution in [0.25, 0.3) is 0 Å². The number of benzene rings is 2. The maximum absolute atomic E-state index is 5.61. The Balaban J connectivity index is 2.21. The molecule has 0 aliphatic carbocycles. The first kappa shape index (κ1) is 12.5. The van der Waals surface area contributed by atoms with Crippen LogP contribution in [0.15, 0.2) is 48.5 Å². The summed E-state index contributed by atoms with van der Waals surface area (Å²) in [6, 6.07) is 16.1. The van der Waals surface area contributed by atoms with Crippen LogP contribution < -0.4 is 15.8 Å². The van der Waals surface area contributed by atoms with Gasteiger partial charge in [-0.15, -0.1) is 0 Å². The van der Waals surface area contributed by atoms with Gasteiger partial charge in [0.25, 0.3) is 0 Å². The summed E-state index contributed by atoms with van der Waals surface area (Å²) in [5, 5.41) is 3.36. The number of ether oxygens (including phenoxy) is 1. The summed E-state index contributed by atoms with van der Waals surface area (Å²) in [5.74, 6) is 0.888. The van der Waals surface area contributed by atoms with E-state index in [-0.39, 0.29) is 0 Å². The van der Waals surface area contributed by atoms with E-state index in [9.17, 15) is 0 Å². The fraction of sp³-hybridized carbons (Fsp3) is 0.200. The molecule has 0 saturated heterocycles. The van der Waals surface area contributed by atoms with Crippen molar-refractivity contribution in [1.29, 1.82) is 0 Å². The number of anilines is 2. The lowest BCUT2D eigenvalue weighted by Crippen LogP contribution is -2.04. The first-order valence-electron chi connectivity index (χ1n) is 6.02. The maximum atomic E-state index is 5.61. The third kappa shape index (κ3) is 3.02. The fourth-order valence-electron chi connectivity index (χ4n) is 1.90. The van der Waals surface area contributed by atoms with Crippen molar-refractivity contribution in [2.24, 2.45) is 5.73 Å². The van der Waals surface area contributed by atoms with Gasteiger partial charge >= 0.3 is 0 Å². The topological polar surface area (TPSA) is 47.3 Å². The standard InChI is InChI=1S/C15H18N2O/c1-18-15-8-7-14(11-12(15)9-10-16)17-13-5-3-2-4-6-13/h2-8,11,17H,9-10,16H2,1H3. The number of para-hydroxylation sites is 1. The van der Waals surface area contributed by atoms with Gasteiger partial charge in [-0.3, -0.25) is 0 Å². The van der Waals surface area contributed by atoms with Gasteiger partial charge in [0.2, 0.25) is 0 Å². The third-order valence-electron chi connectivity index (χ3n) is 2.76. The zero-order valence-corrected chi connectivity index (χ0v) is 10.5. The van der Waals surface area contributed by atoms with Crippen LogP contribution in [0, 0.1) is 0 Å². The molecule has 0 aliphatic rings. The van der Waals surface area contributed by atoms with E-state index in [0.717, 1.165) is 29.1 Å². The van der Waals surface area contributed by atoms with Crippen LogP contribution in [0.2, 0.25) is 0 Å². The van der Waals surface area contributed by atoms with E-state index in [4.69, 9.17) is 10.5 Å². The molecule has 94 valence electrons. The van der Waals surface area contributed by atoms with Crippen LogP contribution >= 0.6 is 0 Å². The molecule has 0 spiro atoms. The summed E-state index contributed by atoms with van der Waals surface area (Å²) >= 11 is 0. The lowest BCUT2D eigenvalue weighted by molar-refractivity contribution is 0.410. The molecule has 0 aromatic heterocycles. The molecular weight excluding hydrogens is 224 g/mol. The number of nitrogens with two attached hydrogens (primary N) is 1. The molecule has 0 heterocycles. The monoisotopic (exact) mass is 242 g/mol. The van der Waals surface area contributed by atoms with Gasteiger partial charge in [0.1, 0.15) is 5.75 Å². The number of hydrogen-bond acceptors (Lipinski definition) is 3. The highest BCUT2D eigenvalue weighted by Gasteiger charge is 2.03. The SMILES string of the molecule is COc1ccc(Nc2ccccc2)cc1CCN. The maximum Gasteiger partial charge on any atom is 0.122 e. The average molecular weight is 242 g/mol. The second kappa shape index (κ2) is 6.07. The van der Waals surface area contributed by atoms with Gasteiger partial charge < -0.3 is 15.8 Å². The van der Waals surface area contributed by atoms with Crippen LogP contribution in [-0.2, 0) is 6.42 Å². The molecule has 3 N–H and O–H groups in total. The van der Waals surface area contributed by atoms with Crippen molar-refractivity contribution in [3.63, 3.8) is 0 Å². The van der Waals surface area contributed by atoms with Gasteiger partial charge in [0.05, 0.1) is 7.11 Å². The van der Waals surface area contributed by atoms with Gasteiger partial charge in [-0.1, -0.05) is 18.2 Å². The molecule has 0 bridgehead atoms. The molecule has 2 aromatic rings. The predicted octanol–water partition coefficient (Wildman–Crippen LogP) is 2.94. The predicted molar refractivity (Wildman–Crippen MR) is 75.5 cm³/mol. The van der Waals surface area contributed by atoms with Crippen molar-refractivity contribution in [3.8, 4) is 5.75 Å². The van der Waals surface area contributed by atoms with Crippen LogP contribution in [0.5, 0.6) is 5.75 Å². The molecule has 0 atom stereocenters. The first-order valence-corrected chi connectivity index (χ1v) is 6.02. The van der Waals surface area contributed by atoms with E-state index in [1.807, 2.05) is 42.5 Å². The van der Waals surface area contributed by atoms with Gasteiger partial charge in [0, 0.05) is 11.4 Å². The summed E-state index contributed by atoms with van der Waals surface area (Å²) < 4.78 is 5.32. The molecule has 0 aliphatic heterocycles. The second-order valence-electron chi connectivity index (χ2n) is 4.06. The van der Waals surface area contributed by atoms with E-state index in [0.29, 0.717) is 6.54 Å². The smallest absolute Gasteiger partial charge is 0.122 e. The quantitative estimate of drug-likeness (QED) is 0.847. The highest BCUT2D eigenvalue weighted by molar-refractivity contribution is 5.61. The van der Waals surface area contributed by atoms with Crippen LogP contribution in [0.1, 0.15) is 5.56 Å². The summed E-state index contributed by atoms with van der Waals surface area (Å²) in [4.78, 5) is 0. The highest BCUT2D eigenvalue weighted by atomic mass is 16.5.